The third-order valence-electron chi connectivity index (χ3n) is 3.40. The van der Waals surface area contributed by atoms with Gasteiger partial charge in [0.15, 0.2) is 0 Å². The maximum atomic E-state index is 4.39. The zero-order chi connectivity index (χ0) is 13.8. The molecule has 0 saturated heterocycles. The van der Waals surface area contributed by atoms with E-state index in [-0.39, 0.29) is 0 Å². The molecule has 0 aliphatic heterocycles. The van der Waals surface area contributed by atoms with Crippen molar-refractivity contribution < 1.29 is 0 Å². The number of aromatic nitrogens is 2. The van der Waals surface area contributed by atoms with Crippen LogP contribution >= 0.6 is 11.3 Å². The normalized spacial score (nSPS) is 11.2. The van der Waals surface area contributed by atoms with Crippen LogP contribution in [0.3, 0.4) is 0 Å². The molecule has 0 amide bonds. The summed E-state index contributed by atoms with van der Waals surface area (Å²) in [5, 5.41) is 7.98. The highest BCUT2D eigenvalue weighted by atomic mass is 32.1. The predicted molar refractivity (Wildman–Crippen MR) is 85.2 cm³/mol. The summed E-state index contributed by atoms with van der Waals surface area (Å²) in [5.41, 5.74) is 2.68. The lowest BCUT2D eigenvalue weighted by atomic mass is 10.1. The summed E-state index contributed by atoms with van der Waals surface area (Å²) in [6, 6.07) is 8.71. The quantitative estimate of drug-likeness (QED) is 0.701. The lowest BCUT2D eigenvalue weighted by Gasteiger charge is -2.09. The van der Waals surface area contributed by atoms with E-state index in [1.807, 2.05) is 11.6 Å². The summed E-state index contributed by atoms with van der Waals surface area (Å²) in [7, 11) is 0. The average Bonchev–Trinajstić information content (AvgIpc) is 3.10. The van der Waals surface area contributed by atoms with Crippen molar-refractivity contribution in [3.8, 4) is 0 Å². The average molecular weight is 285 g/mol. The molecule has 20 heavy (non-hydrogen) atoms. The molecule has 2 heterocycles. The number of nitrogens with one attached hydrogen (secondary N) is 1. The van der Waals surface area contributed by atoms with E-state index in [4.69, 9.17) is 0 Å². The molecule has 4 heteroatoms. The topological polar surface area (TPSA) is 29.9 Å². The number of hydrogen-bond donors (Lipinski definition) is 1. The van der Waals surface area contributed by atoms with Crippen LogP contribution < -0.4 is 5.32 Å². The van der Waals surface area contributed by atoms with Gasteiger partial charge >= 0.3 is 0 Å². The Balaban J connectivity index is 1.92. The van der Waals surface area contributed by atoms with Crippen molar-refractivity contribution in [2.75, 3.05) is 6.54 Å². The first-order valence-electron chi connectivity index (χ1n) is 7.04. The van der Waals surface area contributed by atoms with Gasteiger partial charge in [0.05, 0.1) is 12.1 Å². The van der Waals surface area contributed by atoms with Crippen LogP contribution in [0, 0.1) is 0 Å². The second-order valence-corrected chi connectivity index (χ2v) is 5.88. The van der Waals surface area contributed by atoms with Gasteiger partial charge in [0.1, 0.15) is 5.01 Å². The maximum absolute atomic E-state index is 4.39. The van der Waals surface area contributed by atoms with E-state index >= 15 is 0 Å². The van der Waals surface area contributed by atoms with E-state index in [0.717, 1.165) is 31.1 Å². The maximum Gasteiger partial charge on any atom is 0.112 e. The van der Waals surface area contributed by atoms with E-state index < -0.39 is 0 Å². The molecule has 0 spiro atoms. The van der Waals surface area contributed by atoms with E-state index in [0.29, 0.717) is 0 Å². The highest BCUT2D eigenvalue weighted by Gasteiger charge is 2.07. The minimum absolute atomic E-state index is 0.853. The highest BCUT2D eigenvalue weighted by Crippen LogP contribution is 2.22. The smallest absolute Gasteiger partial charge is 0.112 e. The van der Waals surface area contributed by atoms with Crippen LogP contribution in [0.4, 0.5) is 0 Å². The van der Waals surface area contributed by atoms with Crippen molar-refractivity contribution in [3.05, 3.63) is 52.6 Å². The number of nitrogens with zero attached hydrogens (tertiary/aromatic N) is 2. The molecule has 1 N–H and O–H groups in total. The molecule has 0 bridgehead atoms. The van der Waals surface area contributed by atoms with Gasteiger partial charge in [-0.05, 0) is 30.0 Å². The minimum atomic E-state index is 0.853. The predicted octanol–water partition coefficient (Wildman–Crippen LogP) is 3.65. The molecule has 0 aliphatic rings. The van der Waals surface area contributed by atoms with Crippen LogP contribution in [-0.2, 0) is 13.1 Å². The molecular weight excluding hydrogens is 266 g/mol. The molecule has 3 nitrogen and oxygen atoms in total. The summed E-state index contributed by atoms with van der Waals surface area (Å²) in [6.07, 6.45) is 5.20. The van der Waals surface area contributed by atoms with Gasteiger partial charge < -0.3 is 9.88 Å². The van der Waals surface area contributed by atoms with Gasteiger partial charge in [-0.25, -0.2) is 4.98 Å². The molecule has 2 aromatic heterocycles. The third kappa shape index (κ3) is 2.76. The number of thiazole rings is 1. The van der Waals surface area contributed by atoms with Gasteiger partial charge in [-0.1, -0.05) is 25.1 Å². The van der Waals surface area contributed by atoms with Crippen molar-refractivity contribution in [3.63, 3.8) is 0 Å². The SMILES string of the molecule is CCCNCc1cccc2ccn(Cc3nccs3)c12. The highest BCUT2D eigenvalue weighted by molar-refractivity contribution is 7.09. The number of rotatable bonds is 6. The minimum Gasteiger partial charge on any atom is -0.340 e. The Bertz CT molecular complexity index is 670. The molecule has 104 valence electrons. The van der Waals surface area contributed by atoms with Gasteiger partial charge in [0.25, 0.3) is 0 Å². The third-order valence-corrected chi connectivity index (χ3v) is 4.17. The van der Waals surface area contributed by atoms with Gasteiger partial charge in [-0.2, -0.15) is 0 Å². The number of para-hydroxylation sites is 1. The first-order chi connectivity index (χ1) is 9.88. The lowest BCUT2D eigenvalue weighted by molar-refractivity contribution is 0.675. The summed E-state index contributed by atoms with van der Waals surface area (Å²) >= 11 is 1.71. The first-order valence-corrected chi connectivity index (χ1v) is 7.92. The van der Waals surface area contributed by atoms with Crippen molar-refractivity contribution >= 4 is 22.2 Å². The van der Waals surface area contributed by atoms with E-state index in [9.17, 15) is 0 Å². The molecule has 0 atom stereocenters. The lowest BCUT2D eigenvalue weighted by Crippen LogP contribution is -2.14. The summed E-state index contributed by atoms with van der Waals surface area (Å²) < 4.78 is 2.30. The number of hydrogen-bond acceptors (Lipinski definition) is 3. The molecule has 0 radical (unpaired) electrons. The summed E-state index contributed by atoms with van der Waals surface area (Å²) in [6.45, 7) is 5.03. The molecule has 3 rings (SSSR count). The van der Waals surface area contributed by atoms with Crippen molar-refractivity contribution in [2.24, 2.45) is 0 Å². The van der Waals surface area contributed by atoms with E-state index in [1.165, 1.54) is 16.5 Å². The van der Waals surface area contributed by atoms with Crippen molar-refractivity contribution in [1.82, 2.24) is 14.9 Å². The zero-order valence-electron chi connectivity index (χ0n) is 11.7. The molecule has 3 aromatic rings. The number of fused-ring (bicyclic) bond motifs is 1. The van der Waals surface area contributed by atoms with Crippen molar-refractivity contribution in [1.29, 1.82) is 0 Å². The molecule has 0 aliphatic carbocycles. The fourth-order valence-corrected chi connectivity index (χ4v) is 3.11. The molecule has 0 unspecified atom stereocenters. The standard InChI is InChI=1S/C16H19N3S/c1-2-7-17-11-14-5-3-4-13-6-9-19(16(13)14)12-15-18-8-10-20-15/h3-6,8-10,17H,2,7,11-12H2,1H3. The van der Waals surface area contributed by atoms with E-state index in [2.05, 4.69) is 52.3 Å². The number of benzene rings is 1. The van der Waals surface area contributed by atoms with Crippen LogP contribution in [0.5, 0.6) is 0 Å². The van der Waals surface area contributed by atoms with Crippen molar-refractivity contribution in [2.45, 2.75) is 26.4 Å². The fourth-order valence-electron chi connectivity index (χ4n) is 2.49. The largest absolute Gasteiger partial charge is 0.340 e. The van der Waals surface area contributed by atoms with Gasteiger partial charge in [-0.3, -0.25) is 0 Å². The Morgan fingerprint density at radius 2 is 2.25 bits per heavy atom. The zero-order valence-corrected chi connectivity index (χ0v) is 12.5. The summed E-state index contributed by atoms with van der Waals surface area (Å²) in [5.74, 6) is 0. The Kier molecular flexibility index (Phi) is 4.14. The Hall–Kier alpha value is -1.65. The Morgan fingerprint density at radius 1 is 1.30 bits per heavy atom. The first kappa shape index (κ1) is 13.3. The Labute approximate surface area is 123 Å². The fraction of sp³-hybridized carbons (Fsp3) is 0.312. The van der Waals surface area contributed by atoms with Crippen LogP contribution in [0.15, 0.2) is 42.0 Å². The van der Waals surface area contributed by atoms with E-state index in [1.54, 1.807) is 11.3 Å². The molecule has 1 aromatic carbocycles. The Morgan fingerprint density at radius 3 is 3.05 bits per heavy atom. The molecule has 0 saturated carbocycles. The van der Waals surface area contributed by atoms with Crippen LogP contribution in [-0.4, -0.2) is 16.1 Å². The second kappa shape index (κ2) is 6.20. The summed E-state index contributed by atoms with van der Waals surface area (Å²) in [4.78, 5) is 4.39. The van der Waals surface area contributed by atoms with Gasteiger partial charge in [0.2, 0.25) is 0 Å². The van der Waals surface area contributed by atoms with Gasteiger partial charge in [-0.15, -0.1) is 11.3 Å². The van der Waals surface area contributed by atoms with Crippen LogP contribution in [0.2, 0.25) is 0 Å². The van der Waals surface area contributed by atoms with Crippen LogP contribution in [0.25, 0.3) is 10.9 Å². The molecule has 0 fully saturated rings. The monoisotopic (exact) mass is 285 g/mol. The second-order valence-electron chi connectivity index (χ2n) is 4.90. The molecular formula is C16H19N3S. The van der Waals surface area contributed by atoms with Gasteiger partial charge in [0, 0.05) is 24.3 Å². The van der Waals surface area contributed by atoms with Crippen LogP contribution in [0.1, 0.15) is 23.9 Å².